The molecule has 0 N–H and O–H groups in total. The third-order valence-corrected chi connectivity index (χ3v) is 2.66. The van der Waals surface area contributed by atoms with Gasteiger partial charge in [-0.05, 0) is 20.8 Å². The van der Waals surface area contributed by atoms with Crippen molar-refractivity contribution >= 4 is 5.97 Å². The molecule has 0 saturated carbocycles. The Morgan fingerprint density at radius 3 is 2.00 bits per heavy atom. The molecule has 0 aromatic carbocycles. The second-order valence-corrected chi connectivity index (χ2v) is 3.62. The number of carbonyl (C=O) groups is 1. The number of ether oxygens (including phenoxy) is 1. The van der Waals surface area contributed by atoms with Gasteiger partial charge in [0, 0.05) is 5.92 Å². The summed E-state index contributed by atoms with van der Waals surface area (Å²) < 4.78 is 5.05. The topological polar surface area (TPSA) is 26.3 Å². The van der Waals surface area contributed by atoms with E-state index in [9.17, 15) is 4.79 Å². The highest BCUT2D eigenvalue weighted by molar-refractivity contribution is 5.78. The Labute approximate surface area is 61.6 Å². The Hall–Kier alpha value is -0.530. The lowest BCUT2D eigenvalue weighted by Crippen LogP contribution is -2.25. The fourth-order valence-electron chi connectivity index (χ4n) is 1.20. The van der Waals surface area contributed by atoms with Gasteiger partial charge in [0.2, 0.25) is 0 Å². The van der Waals surface area contributed by atoms with E-state index in [2.05, 4.69) is 6.92 Å². The van der Waals surface area contributed by atoms with Crippen molar-refractivity contribution in [3.8, 4) is 0 Å². The summed E-state index contributed by atoms with van der Waals surface area (Å²) in [6.07, 6.45) is 0.0856. The molecule has 0 bridgehead atoms. The standard InChI is InChI=1S/C8H14O2/c1-5-6(2)10-7(9)8(5,3)4/h5-6H,1-4H3/t5-,6-/m1/s1. The second-order valence-electron chi connectivity index (χ2n) is 3.62. The summed E-state index contributed by atoms with van der Waals surface area (Å²) >= 11 is 0. The van der Waals surface area contributed by atoms with Crippen molar-refractivity contribution in [3.63, 3.8) is 0 Å². The van der Waals surface area contributed by atoms with Crippen LogP contribution in [0.1, 0.15) is 27.7 Å². The molecule has 1 aliphatic rings. The quantitative estimate of drug-likeness (QED) is 0.480. The van der Waals surface area contributed by atoms with E-state index < -0.39 is 0 Å². The van der Waals surface area contributed by atoms with Gasteiger partial charge in [0.1, 0.15) is 6.10 Å². The molecule has 1 rings (SSSR count). The number of cyclic esters (lactones) is 1. The van der Waals surface area contributed by atoms with Gasteiger partial charge < -0.3 is 4.74 Å². The molecule has 1 aliphatic heterocycles. The van der Waals surface area contributed by atoms with Crippen molar-refractivity contribution in [2.75, 3.05) is 0 Å². The number of hydrogen-bond acceptors (Lipinski definition) is 2. The molecule has 2 heteroatoms. The Balaban J connectivity index is 2.85. The average molecular weight is 142 g/mol. The van der Waals surface area contributed by atoms with E-state index in [0.717, 1.165) is 0 Å². The van der Waals surface area contributed by atoms with Crippen LogP contribution in [0, 0.1) is 11.3 Å². The maximum atomic E-state index is 11.1. The molecule has 58 valence electrons. The molecule has 0 unspecified atom stereocenters. The van der Waals surface area contributed by atoms with Crippen LogP contribution in [0.3, 0.4) is 0 Å². The molecular weight excluding hydrogens is 128 g/mol. The molecule has 1 saturated heterocycles. The fraction of sp³-hybridized carbons (Fsp3) is 0.875. The third kappa shape index (κ3) is 0.825. The van der Waals surface area contributed by atoms with Crippen LogP contribution in [-0.4, -0.2) is 12.1 Å². The molecule has 0 aromatic heterocycles. The molecular formula is C8H14O2. The van der Waals surface area contributed by atoms with E-state index in [1.807, 2.05) is 20.8 Å². The van der Waals surface area contributed by atoms with Crippen LogP contribution < -0.4 is 0 Å². The Kier molecular flexibility index (Phi) is 1.50. The Morgan fingerprint density at radius 1 is 1.40 bits per heavy atom. The summed E-state index contributed by atoms with van der Waals surface area (Å²) in [4.78, 5) is 11.1. The predicted octanol–water partition coefficient (Wildman–Crippen LogP) is 1.59. The zero-order chi connectivity index (χ0) is 7.94. The summed E-state index contributed by atoms with van der Waals surface area (Å²) in [5, 5.41) is 0. The number of rotatable bonds is 0. The van der Waals surface area contributed by atoms with Crippen LogP contribution in [0.5, 0.6) is 0 Å². The van der Waals surface area contributed by atoms with E-state index in [0.29, 0.717) is 5.92 Å². The fourth-order valence-corrected chi connectivity index (χ4v) is 1.20. The maximum absolute atomic E-state index is 11.1. The van der Waals surface area contributed by atoms with Crippen LogP contribution >= 0.6 is 0 Å². The zero-order valence-electron chi connectivity index (χ0n) is 6.97. The van der Waals surface area contributed by atoms with E-state index in [-0.39, 0.29) is 17.5 Å². The molecule has 2 nitrogen and oxygen atoms in total. The van der Waals surface area contributed by atoms with E-state index in [1.54, 1.807) is 0 Å². The zero-order valence-corrected chi connectivity index (χ0v) is 6.97. The monoisotopic (exact) mass is 142 g/mol. The van der Waals surface area contributed by atoms with Crippen molar-refractivity contribution in [1.29, 1.82) is 0 Å². The first-order valence-corrected chi connectivity index (χ1v) is 3.67. The van der Waals surface area contributed by atoms with Crippen molar-refractivity contribution in [2.24, 2.45) is 11.3 Å². The minimum atomic E-state index is -0.278. The van der Waals surface area contributed by atoms with Crippen LogP contribution in [0.4, 0.5) is 0 Å². The summed E-state index contributed by atoms with van der Waals surface area (Å²) in [6.45, 7) is 7.86. The third-order valence-electron chi connectivity index (χ3n) is 2.66. The molecule has 0 aliphatic carbocycles. The molecule has 1 heterocycles. The molecule has 2 atom stereocenters. The van der Waals surface area contributed by atoms with Gasteiger partial charge >= 0.3 is 5.97 Å². The number of esters is 1. The first-order valence-electron chi connectivity index (χ1n) is 3.67. The van der Waals surface area contributed by atoms with Crippen molar-refractivity contribution in [3.05, 3.63) is 0 Å². The highest BCUT2D eigenvalue weighted by atomic mass is 16.6. The molecule has 10 heavy (non-hydrogen) atoms. The van der Waals surface area contributed by atoms with Gasteiger partial charge in [0.15, 0.2) is 0 Å². The van der Waals surface area contributed by atoms with E-state index in [1.165, 1.54) is 0 Å². The van der Waals surface area contributed by atoms with Gasteiger partial charge in [0.25, 0.3) is 0 Å². The minimum Gasteiger partial charge on any atom is -0.462 e. The second kappa shape index (κ2) is 1.97. The molecule has 0 spiro atoms. The Morgan fingerprint density at radius 2 is 1.90 bits per heavy atom. The minimum absolute atomic E-state index is 0.0625. The first-order chi connectivity index (χ1) is 4.46. The Bertz CT molecular complexity index is 161. The van der Waals surface area contributed by atoms with Gasteiger partial charge in [-0.25, -0.2) is 0 Å². The summed E-state index contributed by atoms with van der Waals surface area (Å²) in [5.41, 5.74) is -0.278. The highest BCUT2D eigenvalue weighted by Crippen LogP contribution is 2.38. The number of hydrogen-bond donors (Lipinski definition) is 0. The lowest BCUT2D eigenvalue weighted by Gasteiger charge is -2.18. The van der Waals surface area contributed by atoms with Crippen molar-refractivity contribution in [2.45, 2.75) is 33.8 Å². The lowest BCUT2D eigenvalue weighted by atomic mass is 9.80. The van der Waals surface area contributed by atoms with Crippen LogP contribution in [0.15, 0.2) is 0 Å². The maximum Gasteiger partial charge on any atom is 0.312 e. The number of carbonyl (C=O) groups excluding carboxylic acids is 1. The first kappa shape index (κ1) is 7.58. The van der Waals surface area contributed by atoms with Gasteiger partial charge in [-0.3, -0.25) is 4.79 Å². The molecule has 1 fully saturated rings. The van der Waals surface area contributed by atoms with Gasteiger partial charge in [-0.2, -0.15) is 0 Å². The summed E-state index contributed by atoms with van der Waals surface area (Å²) in [7, 11) is 0. The average Bonchev–Trinajstić information content (AvgIpc) is 1.97. The largest absolute Gasteiger partial charge is 0.462 e. The van der Waals surface area contributed by atoms with Crippen LogP contribution in [-0.2, 0) is 9.53 Å². The normalized spacial score (nSPS) is 37.8. The highest BCUT2D eigenvalue weighted by Gasteiger charge is 2.46. The van der Waals surface area contributed by atoms with E-state index in [4.69, 9.17) is 4.74 Å². The van der Waals surface area contributed by atoms with E-state index >= 15 is 0 Å². The molecule has 0 radical (unpaired) electrons. The van der Waals surface area contributed by atoms with Crippen molar-refractivity contribution in [1.82, 2.24) is 0 Å². The summed E-state index contributed by atoms with van der Waals surface area (Å²) in [5.74, 6) is 0.271. The smallest absolute Gasteiger partial charge is 0.312 e. The summed E-state index contributed by atoms with van der Waals surface area (Å²) in [6, 6.07) is 0. The van der Waals surface area contributed by atoms with Gasteiger partial charge in [-0.15, -0.1) is 0 Å². The molecule has 0 amide bonds. The van der Waals surface area contributed by atoms with Crippen molar-refractivity contribution < 1.29 is 9.53 Å². The SMILES string of the molecule is C[C@@H]1[C@@H](C)OC(=O)C1(C)C. The van der Waals surface area contributed by atoms with Crippen LogP contribution in [0.2, 0.25) is 0 Å². The van der Waals surface area contributed by atoms with Gasteiger partial charge in [0.05, 0.1) is 5.41 Å². The predicted molar refractivity (Wildman–Crippen MR) is 38.5 cm³/mol. The molecule has 0 aromatic rings. The van der Waals surface area contributed by atoms with Gasteiger partial charge in [-0.1, -0.05) is 6.92 Å². The van der Waals surface area contributed by atoms with Crippen LogP contribution in [0.25, 0.3) is 0 Å². The lowest BCUT2D eigenvalue weighted by molar-refractivity contribution is -0.147.